The van der Waals surface area contributed by atoms with Crippen molar-refractivity contribution >= 4 is 21.8 Å². The number of rotatable bonds is 6. The summed E-state index contributed by atoms with van der Waals surface area (Å²) in [5, 5.41) is 0. The van der Waals surface area contributed by atoms with E-state index in [0.717, 1.165) is 11.3 Å². The van der Waals surface area contributed by atoms with Crippen molar-refractivity contribution in [2.75, 3.05) is 13.7 Å². The van der Waals surface area contributed by atoms with Gasteiger partial charge in [-0.3, -0.25) is 9.78 Å². The Morgan fingerprint density at radius 3 is 2.56 bits per heavy atom. The van der Waals surface area contributed by atoms with Crippen LogP contribution >= 0.6 is 15.9 Å². The highest BCUT2D eigenvalue weighted by Crippen LogP contribution is 2.28. The summed E-state index contributed by atoms with van der Waals surface area (Å²) in [6, 6.07) is 19.0. The Bertz CT molecular complexity index is 867. The van der Waals surface area contributed by atoms with Crippen LogP contribution in [-0.4, -0.2) is 29.4 Å². The molecule has 0 unspecified atom stereocenters. The monoisotopic (exact) mass is 428 g/mol. The molecule has 27 heavy (non-hydrogen) atoms. The van der Waals surface area contributed by atoms with Crippen LogP contribution in [-0.2, 0) is 4.79 Å². The lowest BCUT2D eigenvalue weighted by Crippen LogP contribution is -2.35. The number of carbonyl (C=O) groups excluding carboxylic acids is 1. The minimum atomic E-state index is -0.378. The van der Waals surface area contributed by atoms with Crippen molar-refractivity contribution in [3.05, 3.63) is 94.5 Å². The number of likely N-dealkylation sites (N-methyl/N-ethyl adjacent to an activating group) is 1. The number of ether oxygens (including phenoxy) is 1. The Morgan fingerprint density at radius 2 is 1.89 bits per heavy atom. The molecule has 0 radical (unpaired) electrons. The van der Waals surface area contributed by atoms with Crippen LogP contribution in [0, 0.1) is 5.82 Å². The number of carbonyl (C=O) groups is 1. The summed E-state index contributed by atoms with van der Waals surface area (Å²) in [6.07, 6.45) is 1.70. The second-order valence-corrected chi connectivity index (χ2v) is 6.79. The van der Waals surface area contributed by atoms with E-state index in [1.807, 2.05) is 48.5 Å². The summed E-state index contributed by atoms with van der Waals surface area (Å²) >= 11 is 3.24. The average molecular weight is 429 g/mol. The second kappa shape index (κ2) is 8.77. The molecule has 0 aliphatic heterocycles. The fourth-order valence-corrected chi connectivity index (χ4v) is 3.21. The first kappa shape index (κ1) is 19.0. The van der Waals surface area contributed by atoms with E-state index < -0.39 is 0 Å². The van der Waals surface area contributed by atoms with Crippen molar-refractivity contribution < 1.29 is 13.9 Å². The number of hydrogen-bond acceptors (Lipinski definition) is 3. The molecule has 1 atom stereocenters. The molecule has 0 aliphatic carbocycles. The second-order valence-electron chi connectivity index (χ2n) is 5.94. The predicted molar refractivity (Wildman–Crippen MR) is 105 cm³/mol. The summed E-state index contributed by atoms with van der Waals surface area (Å²) < 4.78 is 19.2. The number of hydrogen-bond donors (Lipinski definition) is 0. The molecule has 6 heteroatoms. The molecule has 0 aliphatic rings. The zero-order chi connectivity index (χ0) is 19.2. The van der Waals surface area contributed by atoms with Gasteiger partial charge in [-0.25, -0.2) is 4.39 Å². The summed E-state index contributed by atoms with van der Waals surface area (Å²) in [4.78, 5) is 18.8. The van der Waals surface area contributed by atoms with Gasteiger partial charge in [-0.1, -0.05) is 36.4 Å². The molecule has 3 rings (SSSR count). The van der Waals surface area contributed by atoms with Crippen molar-refractivity contribution in [3.63, 3.8) is 0 Å². The van der Waals surface area contributed by atoms with Gasteiger partial charge >= 0.3 is 0 Å². The molecule has 0 fully saturated rings. The average Bonchev–Trinajstić information content (AvgIpc) is 2.69. The van der Waals surface area contributed by atoms with Gasteiger partial charge < -0.3 is 9.64 Å². The molecule has 0 bridgehead atoms. The van der Waals surface area contributed by atoms with E-state index in [0.29, 0.717) is 10.2 Å². The summed E-state index contributed by atoms with van der Waals surface area (Å²) in [7, 11) is 1.72. The first-order valence-corrected chi connectivity index (χ1v) is 9.15. The van der Waals surface area contributed by atoms with Crippen LogP contribution in [0.15, 0.2) is 77.4 Å². The molecule has 3 aromatic rings. The first-order chi connectivity index (χ1) is 13.1. The summed E-state index contributed by atoms with van der Waals surface area (Å²) in [6.45, 7) is -0.170. The zero-order valence-electron chi connectivity index (χ0n) is 14.7. The van der Waals surface area contributed by atoms with Crippen LogP contribution in [0.1, 0.15) is 17.3 Å². The number of benzene rings is 2. The van der Waals surface area contributed by atoms with Crippen LogP contribution in [0.25, 0.3) is 0 Å². The minimum absolute atomic E-state index is 0.170. The molecule has 0 saturated heterocycles. The van der Waals surface area contributed by atoms with Gasteiger partial charge in [-0.2, -0.15) is 0 Å². The fourth-order valence-electron chi connectivity index (χ4n) is 2.74. The molecular weight excluding hydrogens is 411 g/mol. The Morgan fingerprint density at radius 1 is 1.15 bits per heavy atom. The number of amides is 1. The molecule has 2 aromatic carbocycles. The molecule has 4 nitrogen and oxygen atoms in total. The Hall–Kier alpha value is -2.73. The number of nitrogens with zero attached hydrogens (tertiary/aromatic N) is 2. The Labute approximate surface area is 165 Å². The largest absolute Gasteiger partial charge is 0.483 e. The van der Waals surface area contributed by atoms with Crippen LogP contribution in [0.2, 0.25) is 0 Å². The van der Waals surface area contributed by atoms with Crippen molar-refractivity contribution in [3.8, 4) is 5.75 Å². The van der Waals surface area contributed by atoms with Gasteiger partial charge in [0.25, 0.3) is 5.91 Å². The molecule has 1 heterocycles. The third-order valence-corrected chi connectivity index (χ3v) is 4.73. The molecule has 0 N–H and O–H groups in total. The van der Waals surface area contributed by atoms with Gasteiger partial charge in [-0.15, -0.1) is 0 Å². The highest BCUT2D eigenvalue weighted by atomic mass is 79.9. The van der Waals surface area contributed by atoms with Gasteiger partial charge in [-0.05, 0) is 51.8 Å². The summed E-state index contributed by atoms with van der Waals surface area (Å²) in [5.41, 5.74) is 1.72. The fraction of sp³-hybridized carbons (Fsp3) is 0.143. The third-order valence-electron chi connectivity index (χ3n) is 4.11. The van der Waals surface area contributed by atoms with Crippen molar-refractivity contribution in [2.24, 2.45) is 0 Å². The standard InChI is InChI=1S/C21H18BrFN2O2/c1-25(20(26)14-27-19-11-10-16(23)13-17(19)22)21(15-7-3-2-4-8-15)18-9-5-6-12-24-18/h2-13,21H,14H2,1H3/t21-/m0/s1. The van der Waals surface area contributed by atoms with Crippen LogP contribution in [0.4, 0.5) is 4.39 Å². The quantitative estimate of drug-likeness (QED) is 0.575. The molecule has 0 saturated carbocycles. The van der Waals surface area contributed by atoms with Gasteiger partial charge in [0.1, 0.15) is 11.6 Å². The SMILES string of the molecule is CN(C(=O)COc1ccc(F)cc1Br)[C@@H](c1ccccc1)c1ccccn1. The maximum absolute atomic E-state index is 13.2. The van der Waals surface area contributed by atoms with E-state index >= 15 is 0 Å². The smallest absolute Gasteiger partial charge is 0.261 e. The maximum atomic E-state index is 13.2. The van der Waals surface area contributed by atoms with Crippen molar-refractivity contribution in [1.29, 1.82) is 0 Å². The highest BCUT2D eigenvalue weighted by Gasteiger charge is 2.24. The third kappa shape index (κ3) is 4.71. The highest BCUT2D eigenvalue weighted by molar-refractivity contribution is 9.10. The normalized spacial score (nSPS) is 11.7. The zero-order valence-corrected chi connectivity index (χ0v) is 16.3. The number of halogens is 2. The molecular formula is C21H18BrFN2O2. The van der Waals surface area contributed by atoms with E-state index in [2.05, 4.69) is 20.9 Å². The van der Waals surface area contributed by atoms with E-state index in [1.165, 1.54) is 18.2 Å². The lowest BCUT2D eigenvalue weighted by atomic mass is 10.0. The predicted octanol–water partition coefficient (Wildman–Crippen LogP) is 4.61. The Kier molecular flexibility index (Phi) is 6.19. The van der Waals surface area contributed by atoms with Crippen molar-refractivity contribution in [2.45, 2.75) is 6.04 Å². The van der Waals surface area contributed by atoms with Gasteiger partial charge in [0.05, 0.1) is 16.2 Å². The lowest BCUT2D eigenvalue weighted by molar-refractivity contribution is -0.133. The molecule has 0 spiro atoms. The number of aromatic nitrogens is 1. The van der Waals surface area contributed by atoms with Crippen molar-refractivity contribution in [1.82, 2.24) is 9.88 Å². The summed E-state index contributed by atoms with van der Waals surface area (Å²) in [5.74, 6) is -0.185. The molecule has 138 valence electrons. The van der Waals surface area contributed by atoms with E-state index in [-0.39, 0.29) is 24.4 Å². The van der Waals surface area contributed by atoms with Crippen LogP contribution < -0.4 is 4.74 Å². The van der Waals surface area contributed by atoms with Crippen LogP contribution in [0.5, 0.6) is 5.75 Å². The van der Waals surface area contributed by atoms with E-state index in [1.54, 1.807) is 18.1 Å². The van der Waals surface area contributed by atoms with E-state index in [9.17, 15) is 9.18 Å². The molecule has 1 aromatic heterocycles. The molecule has 1 amide bonds. The number of pyridine rings is 1. The topological polar surface area (TPSA) is 42.4 Å². The van der Waals surface area contributed by atoms with E-state index in [4.69, 9.17) is 4.74 Å². The maximum Gasteiger partial charge on any atom is 0.261 e. The van der Waals surface area contributed by atoms with Gasteiger partial charge in [0.2, 0.25) is 0 Å². The van der Waals surface area contributed by atoms with Gasteiger partial charge in [0, 0.05) is 13.2 Å². The first-order valence-electron chi connectivity index (χ1n) is 8.35. The van der Waals surface area contributed by atoms with Crippen LogP contribution in [0.3, 0.4) is 0 Å². The minimum Gasteiger partial charge on any atom is -0.483 e. The Balaban J connectivity index is 1.79. The van der Waals surface area contributed by atoms with Gasteiger partial charge in [0.15, 0.2) is 6.61 Å². The lowest BCUT2D eigenvalue weighted by Gasteiger charge is -2.28.